The summed E-state index contributed by atoms with van der Waals surface area (Å²) in [5.74, 6) is 0. The molecule has 0 amide bonds. The molecule has 0 saturated carbocycles. The molecule has 0 bridgehead atoms. The van der Waals surface area contributed by atoms with Gasteiger partial charge in [-0.3, -0.25) is 0 Å². The van der Waals surface area contributed by atoms with Gasteiger partial charge in [-0.2, -0.15) is 0 Å². The van der Waals surface area contributed by atoms with Crippen LogP contribution in [0.2, 0.25) is 0 Å². The fourth-order valence-corrected chi connectivity index (χ4v) is 3.30. The van der Waals surface area contributed by atoms with Crippen molar-refractivity contribution in [1.29, 1.82) is 0 Å². The summed E-state index contributed by atoms with van der Waals surface area (Å²) < 4.78 is 0.971. The first-order valence-electron chi connectivity index (χ1n) is 7.88. The number of benzene rings is 3. The minimum atomic E-state index is 0. The highest BCUT2D eigenvalue weighted by atomic mass is 79.9. The van der Waals surface area contributed by atoms with Gasteiger partial charge in [0.15, 0.2) is 0 Å². The third-order valence-electron chi connectivity index (χ3n) is 3.66. The van der Waals surface area contributed by atoms with Crippen LogP contribution in [0, 0.1) is 0 Å². The predicted molar refractivity (Wildman–Crippen MR) is 110 cm³/mol. The van der Waals surface area contributed by atoms with Crippen LogP contribution >= 0.6 is 15.9 Å². The molecule has 0 atom stereocenters. The van der Waals surface area contributed by atoms with Crippen LogP contribution in [0.3, 0.4) is 0 Å². The van der Waals surface area contributed by atoms with E-state index in [1.807, 2.05) is 27.7 Å². The first-order valence-corrected chi connectivity index (χ1v) is 8.67. The number of anilines is 1. The quantitative estimate of drug-likeness (QED) is 0.317. The summed E-state index contributed by atoms with van der Waals surface area (Å²) in [7, 11) is 0. The predicted octanol–water partition coefficient (Wildman–Crippen LogP) is 7.52. The van der Waals surface area contributed by atoms with Crippen LogP contribution < -0.4 is 5.73 Å². The molecule has 3 aromatic carbocycles. The monoisotopic (exact) mass is 371 g/mol. The smallest absolute Gasteiger partial charge is 0.0538 e. The number of halogens is 1. The van der Waals surface area contributed by atoms with Gasteiger partial charge in [0, 0.05) is 9.86 Å². The topological polar surface area (TPSA) is 26.0 Å². The molecule has 0 saturated heterocycles. The second kappa shape index (κ2) is 8.16. The highest BCUT2D eigenvalue weighted by Gasteiger charge is 2.22. The molecule has 3 aromatic rings. The first-order chi connectivity index (χ1) is 10.8. The summed E-state index contributed by atoms with van der Waals surface area (Å²) in [4.78, 5) is 0. The zero-order valence-electron chi connectivity index (χ0n) is 13.6. The van der Waals surface area contributed by atoms with E-state index in [9.17, 15) is 0 Å². The summed E-state index contributed by atoms with van der Waals surface area (Å²) in [6.45, 7) is 8.00. The summed E-state index contributed by atoms with van der Waals surface area (Å²) in [5, 5.41) is 2.41. The SMILES string of the molecule is C.CC.CC.Nc1c(Br)cc2c3c(cccc13)-c1ccccc1-2. The van der Waals surface area contributed by atoms with E-state index in [2.05, 4.69) is 64.5 Å². The fourth-order valence-electron chi connectivity index (χ4n) is 2.86. The zero-order chi connectivity index (χ0) is 16.3. The largest absolute Gasteiger partial charge is 0.397 e. The van der Waals surface area contributed by atoms with Crippen molar-refractivity contribution in [3.63, 3.8) is 0 Å². The Morgan fingerprint density at radius 2 is 1.26 bits per heavy atom. The van der Waals surface area contributed by atoms with Crippen molar-refractivity contribution in [3.8, 4) is 22.3 Å². The second-order valence-corrected chi connectivity index (χ2v) is 5.45. The van der Waals surface area contributed by atoms with Crippen molar-refractivity contribution in [1.82, 2.24) is 0 Å². The number of rotatable bonds is 0. The van der Waals surface area contributed by atoms with E-state index in [0.29, 0.717) is 0 Å². The number of hydrogen-bond donors (Lipinski definition) is 1. The standard InChI is InChI=1S/C16H10BrN.2C2H6.CH4/c17-14-8-13-10-5-2-1-4-9(10)11-6-3-7-12(15(11)13)16(14)18;2*1-2;/h1-8H,18H2;2*1-2H3;1H4. The molecule has 0 spiro atoms. The minimum Gasteiger partial charge on any atom is -0.397 e. The van der Waals surface area contributed by atoms with E-state index in [0.717, 1.165) is 15.5 Å². The third kappa shape index (κ3) is 3.00. The van der Waals surface area contributed by atoms with E-state index in [-0.39, 0.29) is 7.43 Å². The Morgan fingerprint density at radius 1 is 0.739 bits per heavy atom. The first kappa shape index (κ1) is 19.2. The molecule has 1 aliphatic rings. The van der Waals surface area contributed by atoms with Gasteiger partial charge in [-0.15, -0.1) is 0 Å². The van der Waals surface area contributed by atoms with E-state index in [1.54, 1.807) is 0 Å². The zero-order valence-corrected chi connectivity index (χ0v) is 15.2. The van der Waals surface area contributed by atoms with Crippen molar-refractivity contribution in [3.05, 3.63) is 53.0 Å². The average molecular weight is 372 g/mol. The lowest BCUT2D eigenvalue weighted by Crippen LogP contribution is -1.89. The maximum Gasteiger partial charge on any atom is 0.0538 e. The van der Waals surface area contributed by atoms with Gasteiger partial charge in [-0.25, -0.2) is 0 Å². The van der Waals surface area contributed by atoms with Crippen LogP contribution in [0.15, 0.2) is 53.0 Å². The molecule has 0 unspecified atom stereocenters. The van der Waals surface area contributed by atoms with Crippen molar-refractivity contribution < 1.29 is 0 Å². The van der Waals surface area contributed by atoms with Crippen molar-refractivity contribution in [2.45, 2.75) is 35.1 Å². The molecule has 0 radical (unpaired) electrons. The van der Waals surface area contributed by atoms with Gasteiger partial charge < -0.3 is 5.73 Å². The highest BCUT2D eigenvalue weighted by Crippen LogP contribution is 2.49. The molecule has 4 rings (SSSR count). The van der Waals surface area contributed by atoms with Gasteiger partial charge in [0.2, 0.25) is 0 Å². The maximum atomic E-state index is 6.17. The van der Waals surface area contributed by atoms with E-state index < -0.39 is 0 Å². The Balaban J connectivity index is 0.000000494. The number of nitrogen functional groups attached to an aromatic ring is 1. The van der Waals surface area contributed by atoms with E-state index in [1.165, 1.54) is 27.6 Å². The lowest BCUT2D eigenvalue weighted by molar-refractivity contribution is 1.50. The molecule has 1 nitrogen and oxygen atoms in total. The molecular weight excluding hydrogens is 346 g/mol. The third-order valence-corrected chi connectivity index (χ3v) is 4.32. The van der Waals surface area contributed by atoms with Crippen LogP contribution in [-0.2, 0) is 0 Å². The van der Waals surface area contributed by atoms with Gasteiger partial charge >= 0.3 is 0 Å². The van der Waals surface area contributed by atoms with Gasteiger partial charge in [0.1, 0.15) is 0 Å². The normalized spacial score (nSPS) is 9.78. The molecule has 0 aromatic heterocycles. The molecule has 0 fully saturated rings. The minimum absolute atomic E-state index is 0. The molecule has 0 aliphatic heterocycles. The number of nitrogens with two attached hydrogens (primary N) is 1. The Hall–Kier alpha value is -1.80. The highest BCUT2D eigenvalue weighted by molar-refractivity contribution is 9.10. The van der Waals surface area contributed by atoms with Crippen LogP contribution in [0.1, 0.15) is 35.1 Å². The summed E-state index contributed by atoms with van der Waals surface area (Å²) in [6.07, 6.45) is 0. The van der Waals surface area contributed by atoms with Crippen molar-refractivity contribution in [2.75, 3.05) is 5.73 Å². The molecule has 1 aliphatic carbocycles. The van der Waals surface area contributed by atoms with Gasteiger partial charge in [-0.05, 0) is 49.6 Å². The lowest BCUT2D eigenvalue weighted by Gasteiger charge is -2.07. The van der Waals surface area contributed by atoms with Crippen LogP contribution in [0.25, 0.3) is 33.0 Å². The van der Waals surface area contributed by atoms with Gasteiger partial charge in [0.05, 0.1) is 5.69 Å². The Morgan fingerprint density at radius 3 is 1.87 bits per heavy atom. The number of hydrogen-bond acceptors (Lipinski definition) is 1. The molecule has 23 heavy (non-hydrogen) atoms. The second-order valence-electron chi connectivity index (χ2n) is 4.59. The Labute approximate surface area is 148 Å². The molecule has 2 N–H and O–H groups in total. The molecule has 122 valence electrons. The van der Waals surface area contributed by atoms with Crippen LogP contribution in [0.4, 0.5) is 5.69 Å². The maximum absolute atomic E-state index is 6.17. The van der Waals surface area contributed by atoms with Crippen LogP contribution in [0.5, 0.6) is 0 Å². The summed E-state index contributed by atoms with van der Waals surface area (Å²) >= 11 is 3.56. The Kier molecular flexibility index (Phi) is 6.83. The molecular formula is C21H26BrN. The van der Waals surface area contributed by atoms with Gasteiger partial charge in [-0.1, -0.05) is 77.6 Å². The fraction of sp³-hybridized carbons (Fsp3) is 0.238. The summed E-state index contributed by atoms with van der Waals surface area (Å²) in [5.41, 5.74) is 12.2. The molecule has 2 heteroatoms. The Bertz CT molecular complexity index is 806. The van der Waals surface area contributed by atoms with Crippen molar-refractivity contribution >= 4 is 32.4 Å². The van der Waals surface area contributed by atoms with E-state index in [4.69, 9.17) is 5.73 Å². The average Bonchev–Trinajstić information content (AvgIpc) is 2.92. The number of fused-ring (bicyclic) bond motifs is 3. The molecule has 0 heterocycles. The lowest BCUT2D eigenvalue weighted by atomic mass is 10.0. The van der Waals surface area contributed by atoms with E-state index >= 15 is 0 Å². The van der Waals surface area contributed by atoms with Crippen molar-refractivity contribution in [2.24, 2.45) is 0 Å². The summed E-state index contributed by atoms with van der Waals surface area (Å²) in [6, 6.07) is 17.0. The van der Waals surface area contributed by atoms with Crippen LogP contribution in [-0.4, -0.2) is 0 Å². The van der Waals surface area contributed by atoms with Gasteiger partial charge in [0.25, 0.3) is 0 Å².